The smallest absolute Gasteiger partial charge is 0.251 e. The number of nitrogens with one attached hydrogen (secondary N) is 2. The number of piperidine rings is 1. The molecule has 2 aromatic rings. The van der Waals surface area contributed by atoms with Crippen LogP contribution in [0.15, 0.2) is 30.3 Å². The van der Waals surface area contributed by atoms with Crippen molar-refractivity contribution in [3.05, 3.63) is 58.7 Å². The number of benzene rings is 2. The second-order valence-corrected chi connectivity index (χ2v) is 6.87. The van der Waals surface area contributed by atoms with Crippen molar-refractivity contribution in [1.29, 1.82) is 0 Å². The van der Waals surface area contributed by atoms with Crippen molar-refractivity contribution in [2.24, 2.45) is 0 Å². The van der Waals surface area contributed by atoms with Crippen LogP contribution in [0, 0.1) is 18.6 Å². The Labute approximate surface area is 175 Å². The number of amides is 1. The van der Waals surface area contributed by atoms with Gasteiger partial charge in [0.25, 0.3) is 5.91 Å². The zero-order valence-electron chi connectivity index (χ0n) is 16.6. The highest BCUT2D eigenvalue weighted by atomic mass is 35.5. The van der Waals surface area contributed by atoms with Crippen LogP contribution in [0.1, 0.15) is 33.8 Å². The van der Waals surface area contributed by atoms with Gasteiger partial charge in [0.05, 0.1) is 14.2 Å². The van der Waals surface area contributed by atoms with Crippen LogP contribution in [0.25, 0.3) is 0 Å². The van der Waals surface area contributed by atoms with Crippen molar-refractivity contribution in [3.8, 4) is 11.5 Å². The molecule has 1 aliphatic heterocycles. The molecule has 0 spiro atoms. The molecule has 1 saturated heterocycles. The van der Waals surface area contributed by atoms with Gasteiger partial charge in [-0.25, -0.2) is 8.78 Å². The summed E-state index contributed by atoms with van der Waals surface area (Å²) >= 11 is 0. The van der Waals surface area contributed by atoms with E-state index in [1.54, 1.807) is 18.2 Å². The lowest BCUT2D eigenvalue weighted by Gasteiger charge is -2.33. The number of hydrogen-bond acceptors (Lipinski definition) is 4. The maximum absolute atomic E-state index is 13.7. The minimum atomic E-state index is -0.878. The van der Waals surface area contributed by atoms with Crippen molar-refractivity contribution in [3.63, 3.8) is 0 Å². The second-order valence-electron chi connectivity index (χ2n) is 6.87. The Hall–Kier alpha value is -2.38. The molecule has 3 rings (SSSR count). The first-order valence-corrected chi connectivity index (χ1v) is 9.13. The average molecular weight is 427 g/mol. The van der Waals surface area contributed by atoms with Crippen molar-refractivity contribution >= 4 is 18.3 Å². The first-order chi connectivity index (χ1) is 13.4. The van der Waals surface area contributed by atoms with E-state index < -0.39 is 11.6 Å². The van der Waals surface area contributed by atoms with E-state index in [-0.39, 0.29) is 30.3 Å². The first kappa shape index (κ1) is 22.9. The number of hydrogen-bond donors (Lipinski definition) is 2. The van der Waals surface area contributed by atoms with Crippen molar-refractivity contribution in [2.75, 3.05) is 27.3 Å². The van der Waals surface area contributed by atoms with Gasteiger partial charge >= 0.3 is 0 Å². The third-order valence-electron chi connectivity index (χ3n) is 5.15. The molecular weight excluding hydrogens is 402 g/mol. The predicted octanol–water partition coefficient (Wildman–Crippen LogP) is 3.59. The van der Waals surface area contributed by atoms with Crippen LogP contribution < -0.4 is 20.1 Å². The number of carbonyl (C=O) groups is 1. The normalized spacial score (nSPS) is 18.5. The Balaban J connectivity index is 0.00000300. The molecule has 0 radical (unpaired) electrons. The van der Waals surface area contributed by atoms with Gasteiger partial charge in [-0.1, -0.05) is 6.07 Å². The summed E-state index contributed by atoms with van der Waals surface area (Å²) in [6, 6.07) is 7.07. The molecule has 5 nitrogen and oxygen atoms in total. The van der Waals surface area contributed by atoms with Crippen LogP contribution in [-0.2, 0) is 0 Å². The lowest BCUT2D eigenvalue weighted by Crippen LogP contribution is -2.50. The molecule has 1 fully saturated rings. The molecule has 1 amide bonds. The average Bonchev–Trinajstić information content (AvgIpc) is 2.70. The van der Waals surface area contributed by atoms with E-state index in [1.165, 1.54) is 20.3 Å². The zero-order valence-corrected chi connectivity index (χ0v) is 17.4. The fraction of sp³-hybridized carbons (Fsp3) is 0.381. The standard InChI is InChI=1S/C21H24F2N2O3.ClH/c1-12-8-19(27-2)20(28-3)10-15(12)21(26)25-18-11-24-7-6-14(18)13-4-5-16(22)17(23)9-13;/h4-5,8-10,14,18,24H,6-7,11H2,1-3H3,(H,25,26);1H. The van der Waals surface area contributed by atoms with Crippen molar-refractivity contribution in [1.82, 2.24) is 10.6 Å². The van der Waals surface area contributed by atoms with E-state index in [9.17, 15) is 13.6 Å². The quantitative estimate of drug-likeness (QED) is 0.767. The highest BCUT2D eigenvalue weighted by molar-refractivity contribution is 5.96. The Morgan fingerprint density at radius 1 is 1.10 bits per heavy atom. The fourth-order valence-corrected chi connectivity index (χ4v) is 3.62. The van der Waals surface area contributed by atoms with E-state index in [2.05, 4.69) is 10.6 Å². The molecule has 0 aliphatic carbocycles. The van der Waals surface area contributed by atoms with Gasteiger partial charge in [0.2, 0.25) is 0 Å². The van der Waals surface area contributed by atoms with E-state index in [4.69, 9.17) is 9.47 Å². The molecule has 0 aromatic heterocycles. The third-order valence-corrected chi connectivity index (χ3v) is 5.15. The topological polar surface area (TPSA) is 59.6 Å². The molecule has 2 unspecified atom stereocenters. The van der Waals surface area contributed by atoms with Crippen LogP contribution in [0.4, 0.5) is 8.78 Å². The number of methoxy groups -OCH3 is 2. The van der Waals surface area contributed by atoms with Gasteiger partial charge in [0, 0.05) is 24.1 Å². The zero-order chi connectivity index (χ0) is 20.3. The van der Waals surface area contributed by atoms with Gasteiger partial charge in [-0.3, -0.25) is 4.79 Å². The van der Waals surface area contributed by atoms with E-state index in [1.807, 2.05) is 6.92 Å². The molecule has 158 valence electrons. The lowest BCUT2D eigenvalue weighted by atomic mass is 9.85. The predicted molar refractivity (Wildman–Crippen MR) is 109 cm³/mol. The SMILES string of the molecule is COc1cc(C)c(C(=O)NC2CNCCC2c2ccc(F)c(F)c2)cc1OC.Cl. The van der Waals surface area contributed by atoms with Gasteiger partial charge in [0.15, 0.2) is 23.1 Å². The van der Waals surface area contributed by atoms with E-state index in [0.717, 1.165) is 18.2 Å². The minimum Gasteiger partial charge on any atom is -0.493 e. The Kier molecular flexibility index (Phi) is 7.81. The number of carbonyl (C=O) groups excluding carboxylic acids is 1. The molecule has 8 heteroatoms. The number of ether oxygens (including phenoxy) is 2. The number of rotatable bonds is 5. The molecule has 29 heavy (non-hydrogen) atoms. The summed E-state index contributed by atoms with van der Waals surface area (Å²) in [5.41, 5.74) is 1.91. The highest BCUT2D eigenvalue weighted by Crippen LogP contribution is 2.31. The number of aryl methyl sites for hydroxylation is 1. The molecule has 2 aromatic carbocycles. The van der Waals surface area contributed by atoms with Crippen LogP contribution in [-0.4, -0.2) is 39.3 Å². The molecule has 2 atom stereocenters. The summed E-state index contributed by atoms with van der Waals surface area (Å²) in [5, 5.41) is 6.28. The maximum atomic E-state index is 13.7. The highest BCUT2D eigenvalue weighted by Gasteiger charge is 2.29. The molecule has 1 aliphatic rings. The van der Waals surface area contributed by atoms with Gasteiger partial charge in [0.1, 0.15) is 0 Å². The maximum Gasteiger partial charge on any atom is 0.251 e. The van der Waals surface area contributed by atoms with Crippen LogP contribution in [0.5, 0.6) is 11.5 Å². The molecule has 0 saturated carbocycles. The molecule has 2 N–H and O–H groups in total. The summed E-state index contributed by atoms with van der Waals surface area (Å²) in [6.45, 7) is 3.11. The van der Waals surface area contributed by atoms with Crippen molar-refractivity contribution < 1.29 is 23.0 Å². The van der Waals surface area contributed by atoms with Gasteiger partial charge in [-0.2, -0.15) is 0 Å². The largest absolute Gasteiger partial charge is 0.493 e. The van der Waals surface area contributed by atoms with E-state index >= 15 is 0 Å². The number of halogens is 3. The summed E-state index contributed by atoms with van der Waals surface area (Å²) in [5.74, 6) is -1.09. The summed E-state index contributed by atoms with van der Waals surface area (Å²) < 4.78 is 37.5. The van der Waals surface area contributed by atoms with Gasteiger partial charge in [-0.05, 0) is 55.3 Å². The summed E-state index contributed by atoms with van der Waals surface area (Å²) in [6.07, 6.45) is 0.709. The van der Waals surface area contributed by atoms with Crippen LogP contribution >= 0.6 is 12.4 Å². The molecule has 0 bridgehead atoms. The van der Waals surface area contributed by atoms with Crippen LogP contribution in [0.3, 0.4) is 0 Å². The molecular formula is C21H25ClF2N2O3. The van der Waals surface area contributed by atoms with Gasteiger partial charge in [-0.15, -0.1) is 12.4 Å². The Morgan fingerprint density at radius 3 is 2.45 bits per heavy atom. The summed E-state index contributed by atoms with van der Waals surface area (Å²) in [4.78, 5) is 12.9. The van der Waals surface area contributed by atoms with Crippen molar-refractivity contribution in [2.45, 2.75) is 25.3 Å². The lowest BCUT2D eigenvalue weighted by molar-refractivity contribution is 0.0923. The third kappa shape index (κ3) is 4.97. The summed E-state index contributed by atoms with van der Waals surface area (Å²) in [7, 11) is 3.05. The Morgan fingerprint density at radius 2 is 1.79 bits per heavy atom. The second kappa shape index (κ2) is 9.89. The molecule has 1 heterocycles. The first-order valence-electron chi connectivity index (χ1n) is 9.13. The monoisotopic (exact) mass is 426 g/mol. The minimum absolute atomic E-state index is 0. The van der Waals surface area contributed by atoms with Crippen LogP contribution in [0.2, 0.25) is 0 Å². The fourth-order valence-electron chi connectivity index (χ4n) is 3.62. The van der Waals surface area contributed by atoms with E-state index in [0.29, 0.717) is 35.6 Å². The Bertz CT molecular complexity index is 879. The van der Waals surface area contributed by atoms with Gasteiger partial charge < -0.3 is 20.1 Å².